The molecule has 1 aromatic rings. The van der Waals surface area contributed by atoms with Gasteiger partial charge in [-0.05, 0) is 53.7 Å². The average Bonchev–Trinajstić information content (AvgIpc) is 2.39. The van der Waals surface area contributed by atoms with Crippen molar-refractivity contribution in [1.29, 1.82) is 0 Å². The molecular formula is C14H16BrFN2O2. The first-order valence-electron chi connectivity index (χ1n) is 6.53. The number of amides is 2. The van der Waals surface area contributed by atoms with Gasteiger partial charge in [-0.1, -0.05) is 6.07 Å². The summed E-state index contributed by atoms with van der Waals surface area (Å²) in [6, 6.07) is 4.38. The van der Waals surface area contributed by atoms with Crippen LogP contribution in [-0.4, -0.2) is 17.9 Å². The Morgan fingerprint density at radius 1 is 1.25 bits per heavy atom. The Morgan fingerprint density at radius 2 is 1.90 bits per heavy atom. The molecule has 2 amide bonds. The molecule has 1 saturated carbocycles. The molecule has 0 radical (unpaired) electrons. The lowest BCUT2D eigenvalue weighted by atomic mass is 9.85. The summed E-state index contributed by atoms with van der Waals surface area (Å²) >= 11 is 3.18. The molecule has 3 N–H and O–H groups in total. The highest BCUT2D eigenvalue weighted by molar-refractivity contribution is 9.10. The van der Waals surface area contributed by atoms with Crippen LogP contribution in [0.25, 0.3) is 0 Å². The molecular weight excluding hydrogens is 327 g/mol. The quantitative estimate of drug-likeness (QED) is 0.884. The molecule has 20 heavy (non-hydrogen) atoms. The lowest BCUT2D eigenvalue weighted by Crippen LogP contribution is -2.40. The Balaban J connectivity index is 1.98. The van der Waals surface area contributed by atoms with Crippen molar-refractivity contribution in [2.45, 2.75) is 31.7 Å². The Bertz CT molecular complexity index is 508. The number of nitrogens with two attached hydrogens (primary N) is 1. The van der Waals surface area contributed by atoms with Crippen molar-refractivity contribution >= 4 is 27.7 Å². The van der Waals surface area contributed by atoms with E-state index in [-0.39, 0.29) is 23.4 Å². The van der Waals surface area contributed by atoms with Gasteiger partial charge in [-0.25, -0.2) is 4.39 Å². The smallest absolute Gasteiger partial charge is 0.255 e. The molecule has 4 nitrogen and oxygen atoms in total. The molecule has 1 fully saturated rings. The summed E-state index contributed by atoms with van der Waals surface area (Å²) in [5.41, 5.74) is 5.28. The van der Waals surface area contributed by atoms with Gasteiger partial charge in [-0.2, -0.15) is 0 Å². The van der Waals surface area contributed by atoms with Gasteiger partial charge in [0.05, 0.1) is 5.56 Å². The zero-order valence-electron chi connectivity index (χ0n) is 10.9. The number of halogens is 2. The molecule has 2 rings (SSSR count). The first-order chi connectivity index (χ1) is 9.49. The van der Waals surface area contributed by atoms with Crippen molar-refractivity contribution in [1.82, 2.24) is 5.32 Å². The zero-order chi connectivity index (χ0) is 14.7. The van der Waals surface area contributed by atoms with Gasteiger partial charge in [-0.3, -0.25) is 9.59 Å². The Kier molecular flexibility index (Phi) is 4.75. The van der Waals surface area contributed by atoms with Gasteiger partial charge in [0.25, 0.3) is 5.91 Å². The summed E-state index contributed by atoms with van der Waals surface area (Å²) in [4.78, 5) is 23.2. The molecule has 0 atom stereocenters. The van der Waals surface area contributed by atoms with Gasteiger partial charge in [0.15, 0.2) is 0 Å². The third-order valence-corrected chi connectivity index (χ3v) is 4.32. The minimum absolute atomic E-state index is 0.0181. The molecule has 108 valence electrons. The summed E-state index contributed by atoms with van der Waals surface area (Å²) in [5.74, 6) is -1.38. The highest BCUT2D eigenvalue weighted by atomic mass is 79.9. The number of nitrogens with one attached hydrogen (secondary N) is 1. The fourth-order valence-corrected chi connectivity index (χ4v) is 3.02. The van der Waals surface area contributed by atoms with Crippen molar-refractivity contribution in [3.63, 3.8) is 0 Å². The molecule has 0 unspecified atom stereocenters. The SMILES string of the molecule is NC(=O)C1CCC(NC(=O)c2c(F)cccc2Br)CC1. The Hall–Kier alpha value is -1.43. The molecule has 0 heterocycles. The maximum Gasteiger partial charge on any atom is 0.255 e. The third-order valence-electron chi connectivity index (χ3n) is 3.65. The van der Waals surface area contributed by atoms with Crippen LogP contribution >= 0.6 is 15.9 Å². The Labute approximate surface area is 125 Å². The van der Waals surface area contributed by atoms with Crippen LogP contribution in [0, 0.1) is 11.7 Å². The standard InChI is InChI=1S/C14H16BrFN2O2/c15-10-2-1-3-11(16)12(10)14(20)18-9-6-4-8(5-7-9)13(17)19/h1-3,8-9H,4-7H2,(H2,17,19)(H,18,20). The minimum Gasteiger partial charge on any atom is -0.369 e. The molecule has 0 aromatic heterocycles. The molecule has 0 bridgehead atoms. The van der Waals surface area contributed by atoms with E-state index in [9.17, 15) is 14.0 Å². The minimum atomic E-state index is -0.553. The van der Waals surface area contributed by atoms with Crippen LogP contribution in [0.3, 0.4) is 0 Å². The highest BCUT2D eigenvalue weighted by Gasteiger charge is 2.26. The molecule has 0 spiro atoms. The van der Waals surface area contributed by atoms with Gasteiger partial charge in [0, 0.05) is 16.4 Å². The molecule has 1 aliphatic carbocycles. The number of carbonyl (C=O) groups excluding carboxylic acids is 2. The van der Waals surface area contributed by atoms with E-state index in [0.717, 1.165) is 0 Å². The van der Waals surface area contributed by atoms with Crippen molar-refractivity contribution in [2.75, 3.05) is 0 Å². The normalized spacial score (nSPS) is 22.3. The largest absolute Gasteiger partial charge is 0.369 e. The topological polar surface area (TPSA) is 72.2 Å². The Morgan fingerprint density at radius 3 is 2.45 bits per heavy atom. The second-order valence-electron chi connectivity index (χ2n) is 5.02. The van der Waals surface area contributed by atoms with Crippen molar-refractivity contribution in [3.8, 4) is 0 Å². The maximum atomic E-state index is 13.7. The number of benzene rings is 1. The second-order valence-corrected chi connectivity index (χ2v) is 5.88. The van der Waals surface area contributed by atoms with Gasteiger partial charge in [0.1, 0.15) is 5.82 Å². The summed E-state index contributed by atoms with van der Waals surface area (Å²) in [6.07, 6.45) is 2.70. The number of hydrogen-bond acceptors (Lipinski definition) is 2. The third kappa shape index (κ3) is 3.36. The van der Waals surface area contributed by atoms with E-state index in [1.54, 1.807) is 6.07 Å². The van der Waals surface area contributed by atoms with Gasteiger partial charge in [0.2, 0.25) is 5.91 Å². The predicted octanol–water partition coefficient (Wildman–Crippen LogP) is 2.36. The van der Waals surface area contributed by atoms with E-state index in [0.29, 0.717) is 30.2 Å². The number of carbonyl (C=O) groups is 2. The van der Waals surface area contributed by atoms with E-state index in [1.807, 2.05) is 0 Å². The fraction of sp³-hybridized carbons (Fsp3) is 0.429. The number of primary amides is 1. The molecule has 6 heteroatoms. The van der Waals surface area contributed by atoms with Gasteiger partial charge >= 0.3 is 0 Å². The van der Waals surface area contributed by atoms with E-state index in [2.05, 4.69) is 21.2 Å². The maximum absolute atomic E-state index is 13.7. The first kappa shape index (κ1) is 15.0. The lowest BCUT2D eigenvalue weighted by Gasteiger charge is -2.27. The summed E-state index contributed by atoms with van der Waals surface area (Å²) in [6.45, 7) is 0. The number of hydrogen-bond donors (Lipinski definition) is 2. The van der Waals surface area contributed by atoms with Crippen LogP contribution in [0.1, 0.15) is 36.0 Å². The molecule has 1 aromatic carbocycles. The highest BCUT2D eigenvalue weighted by Crippen LogP contribution is 2.25. The summed E-state index contributed by atoms with van der Waals surface area (Å²) < 4.78 is 14.1. The summed E-state index contributed by atoms with van der Waals surface area (Å²) in [5, 5.41) is 2.82. The van der Waals surface area contributed by atoms with Crippen molar-refractivity contribution in [3.05, 3.63) is 34.1 Å². The van der Waals surface area contributed by atoms with Crippen LogP contribution < -0.4 is 11.1 Å². The molecule has 1 aliphatic rings. The van der Waals surface area contributed by atoms with E-state index in [4.69, 9.17) is 5.73 Å². The average molecular weight is 343 g/mol. The predicted molar refractivity (Wildman–Crippen MR) is 76.5 cm³/mol. The van der Waals surface area contributed by atoms with E-state index in [1.165, 1.54) is 12.1 Å². The van der Waals surface area contributed by atoms with E-state index >= 15 is 0 Å². The van der Waals surface area contributed by atoms with Crippen LogP contribution in [0.2, 0.25) is 0 Å². The zero-order valence-corrected chi connectivity index (χ0v) is 12.5. The number of rotatable bonds is 3. The second kappa shape index (κ2) is 6.35. The van der Waals surface area contributed by atoms with Crippen LogP contribution in [0.4, 0.5) is 4.39 Å². The van der Waals surface area contributed by atoms with Crippen molar-refractivity contribution in [2.24, 2.45) is 11.7 Å². The van der Waals surface area contributed by atoms with Crippen molar-refractivity contribution < 1.29 is 14.0 Å². The molecule has 0 saturated heterocycles. The monoisotopic (exact) mass is 342 g/mol. The lowest BCUT2D eigenvalue weighted by molar-refractivity contribution is -0.122. The van der Waals surface area contributed by atoms with Gasteiger partial charge < -0.3 is 11.1 Å². The molecule has 0 aliphatic heterocycles. The van der Waals surface area contributed by atoms with Crippen LogP contribution in [0.5, 0.6) is 0 Å². The van der Waals surface area contributed by atoms with Crippen LogP contribution in [-0.2, 0) is 4.79 Å². The van der Waals surface area contributed by atoms with Gasteiger partial charge in [-0.15, -0.1) is 0 Å². The van der Waals surface area contributed by atoms with Crippen LogP contribution in [0.15, 0.2) is 22.7 Å². The van der Waals surface area contributed by atoms with E-state index < -0.39 is 11.7 Å². The first-order valence-corrected chi connectivity index (χ1v) is 7.32. The summed E-state index contributed by atoms with van der Waals surface area (Å²) in [7, 11) is 0. The fourth-order valence-electron chi connectivity index (χ4n) is 2.49.